The van der Waals surface area contributed by atoms with E-state index in [-0.39, 0.29) is 17.4 Å². The Balaban J connectivity index is 1.31. The first-order valence-corrected chi connectivity index (χ1v) is 10.4. The summed E-state index contributed by atoms with van der Waals surface area (Å²) in [5.74, 6) is 0.794. The van der Waals surface area contributed by atoms with E-state index >= 15 is 0 Å². The van der Waals surface area contributed by atoms with Crippen molar-refractivity contribution in [3.63, 3.8) is 0 Å². The van der Waals surface area contributed by atoms with Gasteiger partial charge in [-0.25, -0.2) is 0 Å². The van der Waals surface area contributed by atoms with Crippen molar-refractivity contribution in [3.8, 4) is 0 Å². The molecule has 1 aromatic rings. The lowest BCUT2D eigenvalue weighted by atomic mass is 9.90. The molecular weight excluding hydrogens is 338 g/mol. The molecule has 1 atom stereocenters. The molecule has 5 heteroatoms. The molecule has 1 aliphatic carbocycles. The number of amides is 2. The zero-order chi connectivity index (χ0) is 18.9. The number of carbonyl (C=O) groups excluding carboxylic acids is 2. The minimum Gasteiger partial charge on any atom is -0.339 e. The van der Waals surface area contributed by atoms with Crippen LogP contribution in [0.2, 0.25) is 0 Å². The molecule has 0 N–H and O–H groups in total. The Hall–Kier alpha value is -1.88. The average molecular weight is 370 g/mol. The number of rotatable bonds is 5. The number of hydrogen-bond donors (Lipinski definition) is 0. The van der Waals surface area contributed by atoms with Crippen LogP contribution in [0.5, 0.6) is 0 Å². The molecule has 2 amide bonds. The van der Waals surface area contributed by atoms with Gasteiger partial charge in [0, 0.05) is 37.6 Å². The number of benzene rings is 1. The molecule has 27 heavy (non-hydrogen) atoms. The topological polar surface area (TPSA) is 43.9 Å². The van der Waals surface area contributed by atoms with E-state index in [1.165, 1.54) is 5.56 Å². The highest BCUT2D eigenvalue weighted by Crippen LogP contribution is 2.33. The summed E-state index contributed by atoms with van der Waals surface area (Å²) in [6.07, 6.45) is 5.38. The first-order chi connectivity index (χ1) is 13.0. The SMILES string of the molecule is CC1(Cc2ccccc2)CCCN1CC(=O)N1CCN(C(=O)C2CC2)CC1. The van der Waals surface area contributed by atoms with Crippen molar-refractivity contribution in [3.05, 3.63) is 35.9 Å². The predicted molar refractivity (Wildman–Crippen MR) is 105 cm³/mol. The fourth-order valence-electron chi connectivity index (χ4n) is 4.61. The number of likely N-dealkylation sites (tertiary alicyclic amines) is 1. The van der Waals surface area contributed by atoms with Gasteiger partial charge in [0.25, 0.3) is 0 Å². The Bertz CT molecular complexity index is 680. The van der Waals surface area contributed by atoms with Crippen LogP contribution in [0.4, 0.5) is 0 Å². The lowest BCUT2D eigenvalue weighted by Crippen LogP contribution is -2.54. The number of piperazine rings is 1. The quantitative estimate of drug-likeness (QED) is 0.799. The molecule has 0 radical (unpaired) electrons. The molecular formula is C22H31N3O2. The molecule has 1 saturated carbocycles. The van der Waals surface area contributed by atoms with Crippen molar-refractivity contribution in [2.75, 3.05) is 39.3 Å². The van der Waals surface area contributed by atoms with Gasteiger partial charge >= 0.3 is 0 Å². The normalized spacial score (nSPS) is 26.4. The molecule has 3 fully saturated rings. The predicted octanol–water partition coefficient (Wildman–Crippen LogP) is 2.16. The maximum atomic E-state index is 12.9. The molecule has 0 bridgehead atoms. The van der Waals surface area contributed by atoms with Gasteiger partial charge in [0.15, 0.2) is 0 Å². The fourth-order valence-corrected chi connectivity index (χ4v) is 4.61. The third-order valence-electron chi connectivity index (χ3n) is 6.53. The molecule has 0 aromatic heterocycles. The Morgan fingerprint density at radius 3 is 2.33 bits per heavy atom. The van der Waals surface area contributed by atoms with Gasteiger partial charge in [0.2, 0.25) is 11.8 Å². The first kappa shape index (κ1) is 18.5. The smallest absolute Gasteiger partial charge is 0.236 e. The van der Waals surface area contributed by atoms with E-state index in [2.05, 4.69) is 42.2 Å². The van der Waals surface area contributed by atoms with Crippen LogP contribution in [0.1, 0.15) is 38.2 Å². The first-order valence-electron chi connectivity index (χ1n) is 10.4. The van der Waals surface area contributed by atoms with E-state index in [4.69, 9.17) is 0 Å². The third-order valence-corrected chi connectivity index (χ3v) is 6.53. The molecule has 146 valence electrons. The highest BCUT2D eigenvalue weighted by Gasteiger charge is 2.39. The van der Waals surface area contributed by atoms with E-state index in [0.29, 0.717) is 38.6 Å². The largest absolute Gasteiger partial charge is 0.339 e. The summed E-state index contributed by atoms with van der Waals surface area (Å²) in [7, 11) is 0. The van der Waals surface area contributed by atoms with Crippen LogP contribution in [0.3, 0.4) is 0 Å². The number of carbonyl (C=O) groups is 2. The molecule has 0 spiro atoms. The highest BCUT2D eigenvalue weighted by molar-refractivity contribution is 5.82. The molecule has 1 aromatic carbocycles. The zero-order valence-electron chi connectivity index (χ0n) is 16.4. The van der Waals surface area contributed by atoms with Crippen LogP contribution in [0, 0.1) is 5.92 Å². The van der Waals surface area contributed by atoms with Crippen LogP contribution >= 0.6 is 0 Å². The average Bonchev–Trinajstić information content (AvgIpc) is 3.47. The maximum absolute atomic E-state index is 12.9. The van der Waals surface area contributed by atoms with Crippen LogP contribution < -0.4 is 0 Å². The van der Waals surface area contributed by atoms with Gasteiger partial charge < -0.3 is 9.80 Å². The van der Waals surface area contributed by atoms with Crippen molar-refractivity contribution >= 4 is 11.8 Å². The molecule has 5 nitrogen and oxygen atoms in total. The summed E-state index contributed by atoms with van der Waals surface area (Å²) < 4.78 is 0. The zero-order valence-corrected chi connectivity index (χ0v) is 16.4. The van der Waals surface area contributed by atoms with E-state index < -0.39 is 0 Å². The van der Waals surface area contributed by atoms with Gasteiger partial charge in [-0.2, -0.15) is 0 Å². The Morgan fingerprint density at radius 1 is 1.00 bits per heavy atom. The minimum absolute atomic E-state index is 0.0563. The van der Waals surface area contributed by atoms with Crippen LogP contribution in [0.25, 0.3) is 0 Å². The lowest BCUT2D eigenvalue weighted by Gasteiger charge is -2.39. The van der Waals surface area contributed by atoms with Crippen molar-refractivity contribution in [2.45, 2.75) is 44.6 Å². The third kappa shape index (κ3) is 4.18. The van der Waals surface area contributed by atoms with Crippen LogP contribution in [-0.4, -0.2) is 71.3 Å². The van der Waals surface area contributed by atoms with E-state index in [0.717, 1.165) is 38.6 Å². The van der Waals surface area contributed by atoms with E-state index in [9.17, 15) is 9.59 Å². The van der Waals surface area contributed by atoms with Gasteiger partial charge in [-0.05, 0) is 51.1 Å². The second kappa shape index (κ2) is 7.63. The van der Waals surface area contributed by atoms with Gasteiger partial charge in [-0.3, -0.25) is 14.5 Å². The molecule has 4 rings (SSSR count). The Morgan fingerprint density at radius 2 is 1.67 bits per heavy atom. The molecule has 2 heterocycles. The van der Waals surface area contributed by atoms with E-state index in [1.54, 1.807) is 0 Å². The van der Waals surface area contributed by atoms with Gasteiger partial charge in [0.1, 0.15) is 0 Å². The Kier molecular flexibility index (Phi) is 5.22. The maximum Gasteiger partial charge on any atom is 0.236 e. The second-order valence-electron chi connectivity index (χ2n) is 8.66. The summed E-state index contributed by atoms with van der Waals surface area (Å²) in [5, 5.41) is 0. The van der Waals surface area contributed by atoms with E-state index in [1.807, 2.05) is 9.80 Å². The summed E-state index contributed by atoms with van der Waals surface area (Å²) >= 11 is 0. The Labute approximate surface area is 162 Å². The summed E-state index contributed by atoms with van der Waals surface area (Å²) in [6.45, 7) is 6.55. The van der Waals surface area contributed by atoms with Crippen molar-refractivity contribution in [1.29, 1.82) is 0 Å². The van der Waals surface area contributed by atoms with Crippen molar-refractivity contribution < 1.29 is 9.59 Å². The van der Waals surface area contributed by atoms with Gasteiger partial charge in [0.05, 0.1) is 6.54 Å². The van der Waals surface area contributed by atoms with Gasteiger partial charge in [-0.15, -0.1) is 0 Å². The monoisotopic (exact) mass is 369 g/mol. The minimum atomic E-state index is 0.0563. The standard InChI is InChI=1S/C22H31N3O2/c1-22(16-18-6-3-2-4-7-18)10-5-11-25(22)17-20(26)23-12-14-24(15-13-23)21(27)19-8-9-19/h2-4,6-7,19H,5,8-17H2,1H3. The highest BCUT2D eigenvalue weighted by atomic mass is 16.2. The summed E-state index contributed by atoms with van der Waals surface area (Å²) in [6, 6.07) is 10.6. The molecule has 1 unspecified atom stereocenters. The lowest BCUT2D eigenvalue weighted by molar-refractivity contribution is -0.141. The number of hydrogen-bond acceptors (Lipinski definition) is 3. The summed E-state index contributed by atoms with van der Waals surface area (Å²) in [4.78, 5) is 31.4. The van der Waals surface area contributed by atoms with Crippen LogP contribution in [0.15, 0.2) is 30.3 Å². The number of nitrogens with zero attached hydrogens (tertiary/aromatic N) is 3. The molecule has 3 aliphatic rings. The van der Waals surface area contributed by atoms with Crippen molar-refractivity contribution in [2.24, 2.45) is 5.92 Å². The van der Waals surface area contributed by atoms with Gasteiger partial charge in [-0.1, -0.05) is 30.3 Å². The van der Waals surface area contributed by atoms with Crippen LogP contribution in [-0.2, 0) is 16.0 Å². The second-order valence-corrected chi connectivity index (χ2v) is 8.66. The summed E-state index contributed by atoms with van der Waals surface area (Å²) in [5.41, 5.74) is 1.40. The molecule has 2 aliphatic heterocycles. The van der Waals surface area contributed by atoms with Crippen molar-refractivity contribution in [1.82, 2.24) is 14.7 Å². The molecule has 2 saturated heterocycles. The fraction of sp³-hybridized carbons (Fsp3) is 0.636.